The molecular formula is C36H65NO12. The molecule has 13 nitrogen and oxygen atoms in total. The number of aliphatic hydroxyl groups is 4. The highest BCUT2D eigenvalue weighted by molar-refractivity contribution is 5.83. The van der Waals surface area contributed by atoms with Gasteiger partial charge in [-0.2, -0.15) is 0 Å². The lowest BCUT2D eigenvalue weighted by atomic mass is 9.75. The van der Waals surface area contributed by atoms with Crippen molar-refractivity contribution in [3.63, 3.8) is 0 Å². The summed E-state index contributed by atoms with van der Waals surface area (Å²) >= 11 is 0. The first-order chi connectivity index (χ1) is 22.7. The molecule has 0 aromatic rings. The summed E-state index contributed by atoms with van der Waals surface area (Å²) in [6.07, 6.45) is -8.02. The van der Waals surface area contributed by atoms with Gasteiger partial charge in [0.05, 0.1) is 48.1 Å². The number of aliphatic hydroxyl groups excluding tert-OH is 3. The third-order valence-electron chi connectivity index (χ3n) is 11.4. The second-order valence-electron chi connectivity index (χ2n) is 15.7. The van der Waals surface area contributed by atoms with Gasteiger partial charge in [0.2, 0.25) is 0 Å². The van der Waals surface area contributed by atoms with E-state index < -0.39 is 96.2 Å². The summed E-state index contributed by atoms with van der Waals surface area (Å²) in [7, 11) is 5.23. The summed E-state index contributed by atoms with van der Waals surface area (Å²) < 4.78 is 36.9. The third-order valence-corrected chi connectivity index (χ3v) is 11.4. The Labute approximate surface area is 292 Å². The van der Waals surface area contributed by atoms with E-state index in [0.29, 0.717) is 12.8 Å². The Bertz CT molecular complexity index is 1090. The molecule has 286 valence electrons. The van der Waals surface area contributed by atoms with Gasteiger partial charge in [0, 0.05) is 43.2 Å². The Morgan fingerprint density at radius 2 is 1.55 bits per heavy atom. The number of carbonyl (C=O) groups is 2. The summed E-state index contributed by atoms with van der Waals surface area (Å²) in [5.74, 6) is -3.61. The molecule has 2 unspecified atom stereocenters. The van der Waals surface area contributed by atoms with Crippen LogP contribution >= 0.6 is 0 Å². The molecule has 3 fully saturated rings. The number of rotatable bonds is 7. The van der Waals surface area contributed by atoms with Gasteiger partial charge in [-0.05, 0) is 61.1 Å². The molecule has 17 atom stereocenters. The van der Waals surface area contributed by atoms with Crippen LogP contribution in [-0.4, -0.2) is 137 Å². The topological polar surface area (TPSA) is 174 Å². The van der Waals surface area contributed by atoms with E-state index in [1.54, 1.807) is 48.5 Å². The minimum atomic E-state index is -1.71. The lowest BCUT2D eigenvalue weighted by molar-refractivity contribution is -0.314. The maximum Gasteiger partial charge on any atom is 0.308 e. The Hall–Kier alpha value is -1.26. The molecule has 0 saturated carbocycles. The highest BCUT2D eigenvalue weighted by Gasteiger charge is 2.51. The summed E-state index contributed by atoms with van der Waals surface area (Å²) in [4.78, 5) is 29.3. The van der Waals surface area contributed by atoms with Gasteiger partial charge in [-0.25, -0.2) is 0 Å². The summed E-state index contributed by atoms with van der Waals surface area (Å²) in [6, 6.07) is -0.291. The molecule has 49 heavy (non-hydrogen) atoms. The molecule has 0 aromatic heterocycles. The monoisotopic (exact) mass is 703 g/mol. The standard InChI is InChI=1S/C36H65NO12/c1-13-25-20(4)30(40)22(6)29(39)18(2)16-35(8,43)33(49-34-31(41)24(37(10)11)14-19(3)45-34)21(5)26(15-27(38)47-25)48-28-17-36(9,44-12)32(42)23(7)46-28/h18-26,28,30-34,40-43H,13-17H2,1-12H3/t18-,19-,20+,21+,22+,23+,24+,25?,26?,28+,30+,31-,32+,33-,34+,35-,36-/m1/s1. The molecule has 3 heterocycles. The zero-order valence-electron chi connectivity index (χ0n) is 31.7. The van der Waals surface area contributed by atoms with Crippen LogP contribution in [0.1, 0.15) is 94.4 Å². The lowest BCUT2D eigenvalue weighted by Gasteiger charge is -2.48. The van der Waals surface area contributed by atoms with Gasteiger partial charge in [-0.1, -0.05) is 34.6 Å². The summed E-state index contributed by atoms with van der Waals surface area (Å²) in [6.45, 7) is 15.7. The van der Waals surface area contributed by atoms with Crippen LogP contribution in [0.5, 0.6) is 0 Å². The minimum Gasteiger partial charge on any atom is -0.462 e. The SMILES string of the molecule is CCC1OC(=O)CC(O[C@H]2C[C@@](C)(OC)[C@@H](O)[C@H](C)O2)[C@H](C)[C@@H](O[C@@H]2O[C@H](C)C[C@H](N(C)C)[C@H]2O)[C@](C)(O)C[C@@H](C)C(=O)[C@H](C)[C@@H](O)[C@H]1C. The highest BCUT2D eigenvalue weighted by atomic mass is 16.7. The molecule has 0 bridgehead atoms. The van der Waals surface area contributed by atoms with E-state index in [2.05, 4.69) is 0 Å². The van der Waals surface area contributed by atoms with E-state index in [4.69, 9.17) is 28.4 Å². The quantitative estimate of drug-likeness (QED) is 0.285. The molecule has 3 rings (SSSR count). The normalized spacial score (nSPS) is 48.2. The second kappa shape index (κ2) is 17.0. The first-order valence-corrected chi connectivity index (χ1v) is 18.0. The van der Waals surface area contributed by atoms with Crippen molar-refractivity contribution in [2.24, 2.45) is 23.7 Å². The molecular weight excluding hydrogens is 638 g/mol. The van der Waals surface area contributed by atoms with Gasteiger partial charge >= 0.3 is 5.97 Å². The number of ketones is 1. The van der Waals surface area contributed by atoms with Crippen molar-refractivity contribution in [1.29, 1.82) is 0 Å². The van der Waals surface area contributed by atoms with Crippen LogP contribution in [0.2, 0.25) is 0 Å². The number of Topliss-reactive ketones (excluding diaryl/α,β-unsaturated/α-hetero) is 1. The fourth-order valence-corrected chi connectivity index (χ4v) is 8.05. The van der Waals surface area contributed by atoms with Gasteiger partial charge in [-0.3, -0.25) is 9.59 Å². The molecule has 3 saturated heterocycles. The molecule has 0 spiro atoms. The van der Waals surface area contributed by atoms with Gasteiger partial charge < -0.3 is 53.7 Å². The molecule has 0 radical (unpaired) electrons. The Morgan fingerprint density at radius 3 is 2.12 bits per heavy atom. The number of carbonyl (C=O) groups excluding carboxylic acids is 2. The van der Waals surface area contributed by atoms with Crippen LogP contribution in [0.15, 0.2) is 0 Å². The molecule has 0 aliphatic carbocycles. The van der Waals surface area contributed by atoms with Crippen molar-refractivity contribution in [2.45, 2.75) is 173 Å². The summed E-state index contributed by atoms with van der Waals surface area (Å²) in [5, 5.41) is 45.8. The van der Waals surface area contributed by atoms with Crippen LogP contribution in [0.3, 0.4) is 0 Å². The van der Waals surface area contributed by atoms with Gasteiger partial charge in [0.15, 0.2) is 12.6 Å². The van der Waals surface area contributed by atoms with E-state index >= 15 is 0 Å². The van der Waals surface area contributed by atoms with Gasteiger partial charge in [-0.15, -0.1) is 0 Å². The largest absolute Gasteiger partial charge is 0.462 e. The van der Waals surface area contributed by atoms with Crippen molar-refractivity contribution in [3.8, 4) is 0 Å². The van der Waals surface area contributed by atoms with Crippen LogP contribution in [0.4, 0.5) is 0 Å². The van der Waals surface area contributed by atoms with Crippen molar-refractivity contribution in [2.75, 3.05) is 21.2 Å². The third kappa shape index (κ3) is 9.79. The molecule has 0 amide bonds. The van der Waals surface area contributed by atoms with Crippen LogP contribution < -0.4 is 0 Å². The fourth-order valence-electron chi connectivity index (χ4n) is 8.05. The predicted octanol–water partition coefficient (Wildman–Crippen LogP) is 2.42. The van der Waals surface area contributed by atoms with Crippen LogP contribution in [-0.2, 0) is 38.0 Å². The molecule has 0 aromatic carbocycles. The number of ether oxygens (including phenoxy) is 6. The Kier molecular flexibility index (Phi) is 14.7. The number of esters is 1. The lowest BCUT2D eigenvalue weighted by Crippen LogP contribution is -2.60. The maximum absolute atomic E-state index is 13.7. The average Bonchev–Trinajstić information content (AvgIpc) is 3.03. The number of hydrogen-bond acceptors (Lipinski definition) is 13. The van der Waals surface area contributed by atoms with E-state index in [-0.39, 0.29) is 37.2 Å². The Balaban J connectivity index is 2.10. The number of methoxy groups -OCH3 is 1. The Morgan fingerprint density at radius 1 is 0.918 bits per heavy atom. The first-order valence-electron chi connectivity index (χ1n) is 18.0. The van der Waals surface area contributed by atoms with E-state index in [1.165, 1.54) is 7.11 Å². The predicted molar refractivity (Wildman–Crippen MR) is 180 cm³/mol. The number of hydrogen-bond donors (Lipinski definition) is 4. The number of nitrogens with zero attached hydrogens (tertiary/aromatic N) is 1. The van der Waals surface area contributed by atoms with Gasteiger partial charge in [0.25, 0.3) is 0 Å². The zero-order chi connectivity index (χ0) is 37.2. The van der Waals surface area contributed by atoms with E-state index in [0.717, 1.165) is 0 Å². The van der Waals surface area contributed by atoms with Gasteiger partial charge in [0.1, 0.15) is 24.1 Å². The molecule has 4 N–H and O–H groups in total. The smallest absolute Gasteiger partial charge is 0.308 e. The molecule has 3 aliphatic rings. The highest BCUT2D eigenvalue weighted by Crippen LogP contribution is 2.39. The van der Waals surface area contributed by atoms with Crippen LogP contribution in [0, 0.1) is 23.7 Å². The molecule has 3 aliphatic heterocycles. The minimum absolute atomic E-state index is 0.0406. The van der Waals surface area contributed by atoms with E-state index in [9.17, 15) is 30.0 Å². The zero-order valence-corrected chi connectivity index (χ0v) is 31.7. The fraction of sp³-hybridized carbons (Fsp3) is 0.944. The van der Waals surface area contributed by atoms with Crippen LogP contribution in [0.25, 0.3) is 0 Å². The van der Waals surface area contributed by atoms with Crippen molar-refractivity contribution in [3.05, 3.63) is 0 Å². The average molecular weight is 704 g/mol. The summed E-state index contributed by atoms with van der Waals surface area (Å²) in [5.41, 5.74) is -2.71. The van der Waals surface area contributed by atoms with Crippen molar-refractivity contribution < 1.29 is 58.4 Å². The van der Waals surface area contributed by atoms with Crippen molar-refractivity contribution >= 4 is 11.8 Å². The number of likely N-dealkylation sites (N-methyl/N-ethyl adjacent to an activating group) is 1. The maximum atomic E-state index is 13.7. The second-order valence-corrected chi connectivity index (χ2v) is 15.7. The first kappa shape index (κ1) is 42.2. The van der Waals surface area contributed by atoms with Crippen molar-refractivity contribution in [1.82, 2.24) is 4.90 Å². The van der Waals surface area contributed by atoms with E-state index in [1.807, 2.05) is 32.8 Å². The molecule has 13 heteroatoms. The number of cyclic esters (lactones) is 1.